The van der Waals surface area contributed by atoms with Crippen molar-refractivity contribution in [1.29, 1.82) is 0 Å². The van der Waals surface area contributed by atoms with Gasteiger partial charge in [-0.1, -0.05) is 22.0 Å². The molecule has 1 aromatic rings. The van der Waals surface area contributed by atoms with Gasteiger partial charge in [0.2, 0.25) is 0 Å². The van der Waals surface area contributed by atoms with Crippen molar-refractivity contribution in [2.45, 2.75) is 18.2 Å². The van der Waals surface area contributed by atoms with Gasteiger partial charge in [-0.25, -0.2) is 8.42 Å². The van der Waals surface area contributed by atoms with Crippen LogP contribution in [0.1, 0.15) is 13.3 Å². The van der Waals surface area contributed by atoms with E-state index in [0.29, 0.717) is 4.47 Å². The van der Waals surface area contributed by atoms with Crippen molar-refractivity contribution < 1.29 is 17.9 Å². The maximum atomic E-state index is 11.9. The Kier molecular flexibility index (Phi) is 5.14. The summed E-state index contributed by atoms with van der Waals surface area (Å²) in [5.74, 6) is -0.728. The first-order valence-electron chi connectivity index (χ1n) is 5.09. The van der Waals surface area contributed by atoms with Gasteiger partial charge in [0.15, 0.2) is 9.84 Å². The summed E-state index contributed by atoms with van der Waals surface area (Å²) in [7, 11) is -3.43. The molecule has 4 nitrogen and oxygen atoms in total. The Morgan fingerprint density at radius 3 is 2.71 bits per heavy atom. The van der Waals surface area contributed by atoms with Gasteiger partial charge >= 0.3 is 5.97 Å². The highest BCUT2D eigenvalue weighted by atomic mass is 79.9. The van der Waals surface area contributed by atoms with Crippen molar-refractivity contribution in [3.8, 4) is 0 Å². The van der Waals surface area contributed by atoms with Gasteiger partial charge in [0.1, 0.15) is 0 Å². The zero-order chi connectivity index (χ0) is 12.9. The van der Waals surface area contributed by atoms with Gasteiger partial charge in [-0.3, -0.25) is 4.79 Å². The monoisotopic (exact) mass is 320 g/mol. The summed E-state index contributed by atoms with van der Waals surface area (Å²) in [4.78, 5) is 11.3. The molecule has 0 fully saturated rings. The summed E-state index contributed by atoms with van der Waals surface area (Å²) >= 11 is 3.20. The Bertz CT molecular complexity index is 496. The van der Waals surface area contributed by atoms with E-state index in [2.05, 4.69) is 20.7 Å². The van der Waals surface area contributed by atoms with Crippen molar-refractivity contribution in [3.63, 3.8) is 0 Å². The molecule has 1 rings (SSSR count). The molecule has 0 saturated heterocycles. The summed E-state index contributed by atoms with van der Waals surface area (Å²) in [5.41, 5.74) is 0. The van der Waals surface area contributed by atoms with Gasteiger partial charge in [0, 0.05) is 4.47 Å². The Morgan fingerprint density at radius 1 is 1.41 bits per heavy atom. The van der Waals surface area contributed by atoms with E-state index in [-0.39, 0.29) is 23.7 Å². The topological polar surface area (TPSA) is 60.4 Å². The molecule has 0 aliphatic rings. The second kappa shape index (κ2) is 6.16. The van der Waals surface area contributed by atoms with Crippen LogP contribution in [-0.4, -0.2) is 26.7 Å². The molecule has 0 amide bonds. The predicted molar refractivity (Wildman–Crippen MR) is 67.4 cm³/mol. The van der Waals surface area contributed by atoms with Crippen molar-refractivity contribution >= 4 is 31.7 Å². The lowest BCUT2D eigenvalue weighted by atomic mass is 10.4. The van der Waals surface area contributed by atoms with Gasteiger partial charge in [-0.15, -0.1) is 0 Å². The first kappa shape index (κ1) is 14.2. The Balaban J connectivity index is 2.73. The molecule has 0 heterocycles. The molecule has 0 bridgehead atoms. The number of carbonyl (C=O) groups is 1. The summed E-state index contributed by atoms with van der Waals surface area (Å²) in [6.45, 7) is 1.94. The smallest absolute Gasteiger partial charge is 0.306 e. The molecule has 0 unspecified atom stereocenters. The van der Waals surface area contributed by atoms with E-state index in [1.54, 1.807) is 19.1 Å². The van der Waals surface area contributed by atoms with E-state index in [4.69, 9.17) is 0 Å². The van der Waals surface area contributed by atoms with Gasteiger partial charge in [0.05, 0.1) is 23.7 Å². The number of halogens is 1. The SMILES string of the molecule is CCOC(=O)CCS(=O)(=O)c1cccc(Br)c1. The normalized spacial score (nSPS) is 11.2. The molecule has 0 aliphatic carbocycles. The van der Waals surface area contributed by atoms with Crippen LogP contribution in [0.3, 0.4) is 0 Å². The molecule has 0 aromatic heterocycles. The van der Waals surface area contributed by atoms with E-state index in [0.717, 1.165) is 0 Å². The second-order valence-corrected chi connectivity index (χ2v) is 6.36. The summed E-state index contributed by atoms with van der Waals surface area (Å²) < 4.78 is 29.1. The van der Waals surface area contributed by atoms with Crippen LogP contribution in [0.15, 0.2) is 33.6 Å². The van der Waals surface area contributed by atoms with E-state index in [1.165, 1.54) is 12.1 Å². The van der Waals surface area contributed by atoms with E-state index >= 15 is 0 Å². The van der Waals surface area contributed by atoms with Gasteiger partial charge in [-0.2, -0.15) is 0 Å². The van der Waals surface area contributed by atoms with Gasteiger partial charge in [-0.05, 0) is 25.1 Å². The number of benzene rings is 1. The molecule has 0 aliphatic heterocycles. The minimum atomic E-state index is -3.43. The molecule has 0 spiro atoms. The van der Waals surface area contributed by atoms with Gasteiger partial charge in [0.25, 0.3) is 0 Å². The van der Waals surface area contributed by atoms with Gasteiger partial charge < -0.3 is 4.74 Å². The number of sulfone groups is 1. The number of esters is 1. The van der Waals surface area contributed by atoms with Crippen LogP contribution in [0.5, 0.6) is 0 Å². The summed E-state index contributed by atoms with van der Waals surface area (Å²) in [6.07, 6.45) is -0.122. The molecule has 1 aromatic carbocycles. The Labute approximate surface area is 109 Å². The Hall–Kier alpha value is -0.880. The first-order chi connectivity index (χ1) is 7.95. The van der Waals surface area contributed by atoms with Crippen LogP contribution in [0.2, 0.25) is 0 Å². The second-order valence-electron chi connectivity index (χ2n) is 3.33. The first-order valence-corrected chi connectivity index (χ1v) is 7.54. The third-order valence-corrected chi connectivity index (χ3v) is 4.24. The maximum absolute atomic E-state index is 11.9. The van der Waals surface area contributed by atoms with Crippen LogP contribution < -0.4 is 0 Å². The predicted octanol–water partition coefficient (Wildman–Crippen LogP) is 2.18. The van der Waals surface area contributed by atoms with Crippen molar-refractivity contribution in [2.75, 3.05) is 12.4 Å². The molecular formula is C11H13BrO4S. The van der Waals surface area contributed by atoms with Crippen LogP contribution in [-0.2, 0) is 19.4 Å². The number of hydrogen-bond acceptors (Lipinski definition) is 4. The van der Waals surface area contributed by atoms with Crippen molar-refractivity contribution in [2.24, 2.45) is 0 Å². The van der Waals surface area contributed by atoms with Crippen molar-refractivity contribution in [3.05, 3.63) is 28.7 Å². The molecule has 6 heteroatoms. The van der Waals surface area contributed by atoms with Crippen LogP contribution >= 0.6 is 15.9 Å². The maximum Gasteiger partial charge on any atom is 0.306 e. The number of ether oxygens (including phenoxy) is 1. The zero-order valence-electron chi connectivity index (χ0n) is 9.35. The summed E-state index contributed by atoms with van der Waals surface area (Å²) in [6, 6.07) is 6.40. The lowest BCUT2D eigenvalue weighted by Gasteiger charge is -2.04. The fourth-order valence-corrected chi connectivity index (χ4v) is 3.04. The molecule has 17 heavy (non-hydrogen) atoms. The average molecular weight is 321 g/mol. The molecular weight excluding hydrogens is 308 g/mol. The minimum Gasteiger partial charge on any atom is -0.466 e. The average Bonchev–Trinajstić information content (AvgIpc) is 2.27. The highest BCUT2D eigenvalue weighted by molar-refractivity contribution is 9.10. The van der Waals surface area contributed by atoms with E-state index in [9.17, 15) is 13.2 Å². The fraction of sp³-hybridized carbons (Fsp3) is 0.364. The van der Waals surface area contributed by atoms with Crippen molar-refractivity contribution in [1.82, 2.24) is 0 Å². The molecule has 0 N–H and O–H groups in total. The fourth-order valence-electron chi connectivity index (χ4n) is 1.23. The third kappa shape index (κ3) is 4.47. The molecule has 0 saturated carbocycles. The number of rotatable bonds is 5. The lowest BCUT2D eigenvalue weighted by molar-refractivity contribution is -0.142. The van der Waals surface area contributed by atoms with Crippen LogP contribution in [0, 0.1) is 0 Å². The quantitative estimate of drug-likeness (QED) is 0.780. The molecule has 0 atom stereocenters. The third-order valence-electron chi connectivity index (χ3n) is 2.04. The highest BCUT2D eigenvalue weighted by Gasteiger charge is 2.16. The van der Waals surface area contributed by atoms with Crippen LogP contribution in [0.25, 0.3) is 0 Å². The molecule has 94 valence electrons. The standard InChI is InChI=1S/C11H13BrO4S/c1-2-16-11(13)6-7-17(14,15)10-5-3-4-9(12)8-10/h3-5,8H,2,6-7H2,1H3. The largest absolute Gasteiger partial charge is 0.466 e. The van der Waals surface area contributed by atoms with Crippen LogP contribution in [0.4, 0.5) is 0 Å². The van der Waals surface area contributed by atoms with E-state index < -0.39 is 15.8 Å². The highest BCUT2D eigenvalue weighted by Crippen LogP contribution is 2.17. The summed E-state index contributed by atoms with van der Waals surface area (Å²) in [5, 5.41) is 0. The number of carbonyl (C=O) groups excluding carboxylic acids is 1. The lowest BCUT2D eigenvalue weighted by Crippen LogP contribution is -2.13. The zero-order valence-corrected chi connectivity index (χ0v) is 11.8. The number of hydrogen-bond donors (Lipinski definition) is 0. The van der Waals surface area contributed by atoms with E-state index in [1.807, 2.05) is 0 Å². The molecule has 0 radical (unpaired) electrons. The minimum absolute atomic E-state index is 0.122. The Morgan fingerprint density at radius 2 is 2.12 bits per heavy atom.